The Balaban J connectivity index is 1.47. The van der Waals surface area contributed by atoms with Crippen LogP contribution in [0, 0.1) is 0 Å². The van der Waals surface area contributed by atoms with Gasteiger partial charge < -0.3 is 9.64 Å². The van der Waals surface area contributed by atoms with Crippen molar-refractivity contribution in [2.75, 3.05) is 25.4 Å². The maximum absolute atomic E-state index is 13.1. The van der Waals surface area contributed by atoms with E-state index in [-0.39, 0.29) is 5.91 Å². The fourth-order valence-electron chi connectivity index (χ4n) is 3.46. The molecular weight excluding hydrogens is 338 g/mol. The van der Waals surface area contributed by atoms with Crippen molar-refractivity contribution in [1.29, 1.82) is 0 Å². The average molecular weight is 360 g/mol. The standard InChI is InChI=1S/C19H21NO2S2/c21-19(18-15-5-2-1-4-14(15)8-11-22-18)20-9-7-17(24-13-10-20)16-6-3-12-23-16/h1-6,12,17-18H,7-11,13H2. The van der Waals surface area contributed by atoms with Crippen LogP contribution < -0.4 is 0 Å². The zero-order valence-electron chi connectivity index (χ0n) is 13.5. The van der Waals surface area contributed by atoms with Crippen molar-refractivity contribution in [2.24, 2.45) is 0 Å². The number of hydrogen-bond acceptors (Lipinski definition) is 4. The molecule has 2 atom stereocenters. The highest BCUT2D eigenvalue weighted by Gasteiger charge is 2.32. The summed E-state index contributed by atoms with van der Waals surface area (Å²) in [6.07, 6.45) is 1.50. The summed E-state index contributed by atoms with van der Waals surface area (Å²) in [4.78, 5) is 16.5. The number of carbonyl (C=O) groups excluding carboxylic acids is 1. The Bertz CT molecular complexity index is 701. The molecule has 0 aliphatic carbocycles. The van der Waals surface area contributed by atoms with Gasteiger partial charge in [0, 0.05) is 29.0 Å². The molecule has 24 heavy (non-hydrogen) atoms. The van der Waals surface area contributed by atoms with Gasteiger partial charge in [0.1, 0.15) is 0 Å². The van der Waals surface area contributed by atoms with E-state index in [1.54, 1.807) is 0 Å². The molecule has 0 N–H and O–H groups in total. The number of thiophene rings is 1. The van der Waals surface area contributed by atoms with Crippen molar-refractivity contribution in [3.63, 3.8) is 0 Å². The predicted molar refractivity (Wildman–Crippen MR) is 99.6 cm³/mol. The van der Waals surface area contributed by atoms with Crippen LogP contribution in [0.2, 0.25) is 0 Å². The highest BCUT2D eigenvalue weighted by atomic mass is 32.2. The van der Waals surface area contributed by atoms with Crippen LogP contribution in [0.3, 0.4) is 0 Å². The number of nitrogens with zero attached hydrogens (tertiary/aromatic N) is 1. The van der Waals surface area contributed by atoms with Gasteiger partial charge in [-0.05, 0) is 35.4 Å². The summed E-state index contributed by atoms with van der Waals surface area (Å²) in [6, 6.07) is 12.5. The topological polar surface area (TPSA) is 29.5 Å². The first-order valence-corrected chi connectivity index (χ1v) is 10.4. The first-order valence-electron chi connectivity index (χ1n) is 8.46. The quantitative estimate of drug-likeness (QED) is 0.809. The van der Waals surface area contributed by atoms with Crippen LogP contribution in [0.5, 0.6) is 0 Å². The van der Waals surface area contributed by atoms with Crippen LogP contribution in [0.15, 0.2) is 41.8 Å². The Morgan fingerprint density at radius 3 is 2.96 bits per heavy atom. The Hall–Kier alpha value is -1.30. The van der Waals surface area contributed by atoms with Gasteiger partial charge in [-0.15, -0.1) is 11.3 Å². The largest absolute Gasteiger partial charge is 0.363 e. The van der Waals surface area contributed by atoms with Gasteiger partial charge in [0.25, 0.3) is 5.91 Å². The smallest absolute Gasteiger partial charge is 0.256 e. The fourth-order valence-corrected chi connectivity index (χ4v) is 5.69. The maximum Gasteiger partial charge on any atom is 0.256 e. The third kappa shape index (κ3) is 3.25. The van der Waals surface area contributed by atoms with Gasteiger partial charge in [-0.2, -0.15) is 11.8 Å². The fraction of sp³-hybridized carbons (Fsp3) is 0.421. The Morgan fingerprint density at radius 2 is 2.08 bits per heavy atom. The van der Waals surface area contributed by atoms with Crippen LogP contribution >= 0.6 is 23.1 Å². The van der Waals surface area contributed by atoms with Crippen molar-refractivity contribution in [3.8, 4) is 0 Å². The molecule has 0 radical (unpaired) electrons. The average Bonchev–Trinajstić information content (AvgIpc) is 3.05. The van der Waals surface area contributed by atoms with Crippen molar-refractivity contribution in [3.05, 3.63) is 57.8 Å². The molecule has 1 aromatic heterocycles. The van der Waals surface area contributed by atoms with Crippen molar-refractivity contribution >= 4 is 29.0 Å². The number of ether oxygens (including phenoxy) is 1. The highest BCUT2D eigenvalue weighted by molar-refractivity contribution is 7.99. The molecule has 2 unspecified atom stereocenters. The molecule has 1 aromatic carbocycles. The number of fused-ring (bicyclic) bond motifs is 1. The number of carbonyl (C=O) groups is 1. The monoisotopic (exact) mass is 359 g/mol. The predicted octanol–water partition coefficient (Wildman–Crippen LogP) is 4.07. The second kappa shape index (κ2) is 7.30. The van der Waals surface area contributed by atoms with E-state index in [4.69, 9.17) is 4.74 Å². The minimum Gasteiger partial charge on any atom is -0.363 e. The van der Waals surface area contributed by atoms with E-state index in [2.05, 4.69) is 23.6 Å². The molecule has 2 aliphatic rings. The summed E-state index contributed by atoms with van der Waals surface area (Å²) < 4.78 is 5.86. The van der Waals surface area contributed by atoms with Gasteiger partial charge in [-0.1, -0.05) is 30.3 Å². The summed E-state index contributed by atoms with van der Waals surface area (Å²) in [5.74, 6) is 1.12. The van der Waals surface area contributed by atoms with Gasteiger partial charge in [0.15, 0.2) is 6.10 Å². The zero-order chi connectivity index (χ0) is 16.4. The molecule has 3 nitrogen and oxygen atoms in total. The van der Waals surface area contributed by atoms with Crippen LogP contribution in [0.1, 0.15) is 33.8 Å². The highest BCUT2D eigenvalue weighted by Crippen LogP contribution is 2.37. The van der Waals surface area contributed by atoms with E-state index < -0.39 is 6.10 Å². The molecule has 0 bridgehead atoms. The van der Waals surface area contributed by atoms with Gasteiger partial charge in [0.2, 0.25) is 0 Å². The summed E-state index contributed by atoms with van der Waals surface area (Å²) in [5.41, 5.74) is 2.31. The molecule has 5 heteroatoms. The van der Waals surface area contributed by atoms with Crippen molar-refractivity contribution in [1.82, 2.24) is 4.90 Å². The molecule has 4 rings (SSSR count). The lowest BCUT2D eigenvalue weighted by atomic mass is 9.97. The molecule has 126 valence electrons. The number of hydrogen-bond donors (Lipinski definition) is 0. The Labute approximate surface area is 151 Å². The van der Waals surface area contributed by atoms with Crippen molar-refractivity contribution < 1.29 is 9.53 Å². The first kappa shape index (κ1) is 16.2. The minimum atomic E-state index is -0.418. The van der Waals surface area contributed by atoms with E-state index in [0.717, 1.165) is 37.2 Å². The normalized spacial score (nSPS) is 24.2. The molecule has 1 saturated heterocycles. The lowest BCUT2D eigenvalue weighted by Crippen LogP contribution is -2.39. The molecule has 1 amide bonds. The third-order valence-corrected chi connectivity index (χ3v) is 7.18. The summed E-state index contributed by atoms with van der Waals surface area (Å²) in [7, 11) is 0. The number of thioether (sulfide) groups is 1. The second-order valence-electron chi connectivity index (χ2n) is 6.19. The first-order chi connectivity index (χ1) is 11.8. The summed E-state index contributed by atoms with van der Waals surface area (Å²) in [6.45, 7) is 2.26. The Kier molecular flexibility index (Phi) is 4.92. The van der Waals surface area contributed by atoms with Gasteiger partial charge in [-0.25, -0.2) is 0 Å². The third-order valence-electron chi connectivity index (χ3n) is 4.73. The maximum atomic E-state index is 13.1. The van der Waals surface area contributed by atoms with E-state index >= 15 is 0 Å². The SMILES string of the molecule is O=C(C1OCCc2ccccc21)N1CCSC(c2cccs2)CC1. The number of amides is 1. The molecule has 2 aliphatic heterocycles. The summed E-state index contributed by atoms with van der Waals surface area (Å²) in [5, 5.41) is 2.65. The minimum absolute atomic E-state index is 0.134. The number of benzene rings is 1. The molecule has 0 saturated carbocycles. The molecule has 1 fully saturated rings. The molecule has 0 spiro atoms. The molecule has 2 aromatic rings. The lowest BCUT2D eigenvalue weighted by Gasteiger charge is -2.30. The van der Waals surface area contributed by atoms with Crippen LogP contribution in [-0.4, -0.2) is 36.3 Å². The van der Waals surface area contributed by atoms with Gasteiger partial charge in [0.05, 0.1) is 6.61 Å². The summed E-state index contributed by atoms with van der Waals surface area (Å²) >= 11 is 3.79. The molecule has 3 heterocycles. The van der Waals surface area contributed by atoms with E-state index in [1.165, 1.54) is 10.4 Å². The van der Waals surface area contributed by atoms with E-state index in [9.17, 15) is 4.79 Å². The van der Waals surface area contributed by atoms with Gasteiger partial charge in [-0.3, -0.25) is 4.79 Å². The van der Waals surface area contributed by atoms with Crippen LogP contribution in [-0.2, 0) is 16.0 Å². The second-order valence-corrected chi connectivity index (χ2v) is 8.48. The lowest BCUT2D eigenvalue weighted by molar-refractivity contribution is -0.144. The van der Waals surface area contributed by atoms with E-state index in [0.29, 0.717) is 11.9 Å². The van der Waals surface area contributed by atoms with E-state index in [1.807, 2.05) is 46.2 Å². The van der Waals surface area contributed by atoms with Crippen LogP contribution in [0.4, 0.5) is 0 Å². The zero-order valence-corrected chi connectivity index (χ0v) is 15.2. The van der Waals surface area contributed by atoms with Crippen molar-refractivity contribution in [2.45, 2.75) is 24.2 Å². The Morgan fingerprint density at radius 1 is 1.17 bits per heavy atom. The van der Waals surface area contributed by atoms with Crippen LogP contribution in [0.25, 0.3) is 0 Å². The van der Waals surface area contributed by atoms with Gasteiger partial charge >= 0.3 is 0 Å². The molecular formula is C19H21NO2S2. The number of rotatable bonds is 2.